The molecule has 1 N–H and O–H groups in total. The number of benzene rings is 2. The molecule has 8 heteroatoms. The summed E-state index contributed by atoms with van der Waals surface area (Å²) < 4.78 is 49.6. The van der Waals surface area contributed by atoms with E-state index in [0.29, 0.717) is 37.8 Å². The first kappa shape index (κ1) is 20.6. The van der Waals surface area contributed by atoms with Crippen molar-refractivity contribution >= 4 is 10.1 Å². The minimum Gasteiger partial charge on any atom is -0.490 e. The second kappa shape index (κ2) is 9.38. The highest BCUT2D eigenvalue weighted by atomic mass is 32.2. The molecule has 0 aromatic heterocycles. The summed E-state index contributed by atoms with van der Waals surface area (Å²) in [6.07, 6.45) is -0.875. The van der Waals surface area contributed by atoms with Gasteiger partial charge in [-0.3, -0.25) is 9.45 Å². The molecule has 1 aliphatic rings. The van der Waals surface area contributed by atoms with Crippen LogP contribution in [0.15, 0.2) is 54.6 Å². The van der Waals surface area contributed by atoms with Gasteiger partial charge in [0.2, 0.25) is 0 Å². The second-order valence-corrected chi connectivity index (χ2v) is 7.95. The van der Waals surface area contributed by atoms with Gasteiger partial charge >= 0.3 is 0 Å². The first-order valence-corrected chi connectivity index (χ1v) is 10.8. The van der Waals surface area contributed by atoms with Gasteiger partial charge in [-0.05, 0) is 24.6 Å². The minimum absolute atomic E-state index is 0.316. The van der Waals surface area contributed by atoms with Crippen LogP contribution in [-0.4, -0.2) is 56.2 Å². The molecule has 1 saturated heterocycles. The quantitative estimate of drug-likeness (QED) is 0.674. The fourth-order valence-electron chi connectivity index (χ4n) is 3.22. The van der Waals surface area contributed by atoms with Crippen molar-refractivity contribution in [2.75, 3.05) is 32.2 Å². The van der Waals surface area contributed by atoms with E-state index in [0.717, 1.165) is 5.56 Å². The summed E-state index contributed by atoms with van der Waals surface area (Å²) in [5.74, 6) is 0.800. The fraction of sp³-hybridized carbons (Fsp3) is 0.400. The van der Waals surface area contributed by atoms with Crippen LogP contribution in [0.3, 0.4) is 0 Å². The Morgan fingerprint density at radius 3 is 2.50 bits per heavy atom. The summed E-state index contributed by atoms with van der Waals surface area (Å²) in [4.78, 5) is 1.65. The van der Waals surface area contributed by atoms with Crippen molar-refractivity contribution in [2.24, 2.45) is 0 Å². The topological polar surface area (TPSA) is 85.3 Å². The van der Waals surface area contributed by atoms with Crippen LogP contribution in [0.4, 0.5) is 0 Å². The Labute approximate surface area is 165 Å². The van der Waals surface area contributed by atoms with E-state index in [1.807, 2.05) is 61.5 Å². The Morgan fingerprint density at radius 1 is 1.14 bits per heavy atom. The highest BCUT2D eigenvalue weighted by Crippen LogP contribution is 2.34. The van der Waals surface area contributed by atoms with Crippen molar-refractivity contribution in [1.82, 2.24) is 4.90 Å². The van der Waals surface area contributed by atoms with Gasteiger partial charge in [-0.1, -0.05) is 42.5 Å². The summed E-state index contributed by atoms with van der Waals surface area (Å²) in [5.41, 5.74) is 0.910. The maximum Gasteiger partial charge on any atom is 0.278 e. The average molecular weight is 407 g/mol. The largest absolute Gasteiger partial charge is 0.490 e. The third kappa shape index (κ3) is 5.68. The average Bonchev–Trinajstić information content (AvgIpc) is 2.67. The Bertz CT molecular complexity index is 858. The highest BCUT2D eigenvalue weighted by Gasteiger charge is 2.32. The Morgan fingerprint density at radius 2 is 1.82 bits per heavy atom. The van der Waals surface area contributed by atoms with Crippen molar-refractivity contribution < 1.29 is 27.2 Å². The smallest absolute Gasteiger partial charge is 0.278 e. The maximum atomic E-state index is 11.3. The number of rotatable bonds is 8. The third-order valence-corrected chi connectivity index (χ3v) is 5.08. The van der Waals surface area contributed by atoms with E-state index < -0.39 is 28.2 Å². The molecule has 0 spiro atoms. The Hall–Kier alpha value is -2.13. The molecule has 2 atom stereocenters. The van der Waals surface area contributed by atoms with Crippen LogP contribution in [-0.2, 0) is 14.9 Å². The normalized spacial score (nSPS) is 19.1. The van der Waals surface area contributed by atoms with E-state index in [1.165, 1.54) is 0 Å². The van der Waals surface area contributed by atoms with Crippen LogP contribution in [0.1, 0.15) is 18.6 Å². The van der Waals surface area contributed by atoms with Crippen LogP contribution in [0, 0.1) is 0 Å². The van der Waals surface area contributed by atoms with Crippen molar-refractivity contribution in [1.29, 1.82) is 0 Å². The molecule has 2 unspecified atom stereocenters. The molecule has 3 rings (SSSR count). The predicted octanol–water partition coefficient (Wildman–Crippen LogP) is 2.75. The lowest BCUT2D eigenvalue weighted by Gasteiger charge is -2.36. The van der Waals surface area contributed by atoms with Gasteiger partial charge in [-0.2, -0.15) is 8.42 Å². The lowest BCUT2D eigenvalue weighted by molar-refractivity contribution is -0.0785. The Balaban J connectivity index is 1.86. The minimum atomic E-state index is -4.10. The molecule has 0 aliphatic carbocycles. The fourth-order valence-corrected chi connectivity index (χ4v) is 3.92. The van der Waals surface area contributed by atoms with Gasteiger partial charge in [0.05, 0.1) is 13.2 Å². The summed E-state index contributed by atoms with van der Waals surface area (Å²) in [7, 11) is -4.10. The zero-order valence-electron chi connectivity index (χ0n) is 15.7. The van der Waals surface area contributed by atoms with Crippen LogP contribution in [0.25, 0.3) is 0 Å². The lowest BCUT2D eigenvalue weighted by atomic mass is 10.0. The van der Waals surface area contributed by atoms with E-state index in [4.69, 9.17) is 14.2 Å². The zero-order chi connectivity index (χ0) is 20.0. The zero-order valence-corrected chi connectivity index (χ0v) is 16.5. The van der Waals surface area contributed by atoms with Gasteiger partial charge in [0.25, 0.3) is 10.1 Å². The van der Waals surface area contributed by atoms with Crippen LogP contribution < -0.4 is 9.47 Å². The van der Waals surface area contributed by atoms with Crippen molar-refractivity contribution in [2.45, 2.75) is 19.1 Å². The van der Waals surface area contributed by atoms with Crippen LogP contribution in [0.5, 0.6) is 11.5 Å². The number of morpholine rings is 1. The molecule has 28 heavy (non-hydrogen) atoms. The standard InChI is InChI=1S/C20H25NO6S/c1-2-25-17-10-6-7-11-18(17)27-20(16-8-4-3-5-9-16)19-14-21(12-13-26-19)15-28(22,23)24/h3-11,19-20H,2,12-15H2,1H3,(H,22,23,24). The van der Waals surface area contributed by atoms with Gasteiger partial charge in [0.1, 0.15) is 12.0 Å². The molecule has 2 aromatic carbocycles. The monoisotopic (exact) mass is 407 g/mol. The van der Waals surface area contributed by atoms with E-state index in [9.17, 15) is 13.0 Å². The summed E-state index contributed by atoms with van der Waals surface area (Å²) in [6, 6.07) is 17.1. The van der Waals surface area contributed by atoms with E-state index in [1.54, 1.807) is 4.90 Å². The summed E-state index contributed by atoms with van der Waals surface area (Å²) in [5, 5.41) is 0. The molecule has 152 valence electrons. The Kier molecular flexibility index (Phi) is 6.90. The number of hydrogen-bond acceptors (Lipinski definition) is 6. The lowest BCUT2D eigenvalue weighted by Crippen LogP contribution is -2.47. The number of para-hydroxylation sites is 2. The maximum absolute atomic E-state index is 11.3. The van der Waals surface area contributed by atoms with Gasteiger partial charge in [-0.15, -0.1) is 0 Å². The molecule has 0 bridgehead atoms. The SMILES string of the molecule is CCOc1ccccc1OC(c1ccccc1)C1CN(CS(=O)(=O)O)CCO1. The second-order valence-electron chi connectivity index (χ2n) is 6.53. The number of nitrogens with zero attached hydrogens (tertiary/aromatic N) is 1. The molecule has 7 nitrogen and oxygen atoms in total. The number of hydrogen-bond donors (Lipinski definition) is 1. The predicted molar refractivity (Wildman–Crippen MR) is 105 cm³/mol. The molecule has 0 saturated carbocycles. The van der Waals surface area contributed by atoms with Crippen LogP contribution >= 0.6 is 0 Å². The molecular formula is C20H25NO6S. The van der Waals surface area contributed by atoms with Crippen molar-refractivity contribution in [3.05, 3.63) is 60.2 Å². The van der Waals surface area contributed by atoms with Gasteiger partial charge < -0.3 is 14.2 Å². The first-order chi connectivity index (χ1) is 13.5. The molecule has 1 aliphatic heterocycles. The first-order valence-electron chi connectivity index (χ1n) is 9.19. The molecule has 0 radical (unpaired) electrons. The van der Waals surface area contributed by atoms with E-state index >= 15 is 0 Å². The molecule has 2 aromatic rings. The molecule has 1 heterocycles. The number of ether oxygens (including phenoxy) is 3. The van der Waals surface area contributed by atoms with E-state index in [-0.39, 0.29) is 0 Å². The third-order valence-electron chi connectivity index (χ3n) is 4.39. The van der Waals surface area contributed by atoms with E-state index in [2.05, 4.69) is 0 Å². The van der Waals surface area contributed by atoms with Crippen molar-refractivity contribution in [3.8, 4) is 11.5 Å². The van der Waals surface area contributed by atoms with Crippen LogP contribution in [0.2, 0.25) is 0 Å². The summed E-state index contributed by atoms with van der Waals surface area (Å²) >= 11 is 0. The highest BCUT2D eigenvalue weighted by molar-refractivity contribution is 7.85. The van der Waals surface area contributed by atoms with Gasteiger partial charge in [0, 0.05) is 13.1 Å². The molecule has 1 fully saturated rings. The molecule has 0 amide bonds. The van der Waals surface area contributed by atoms with Crippen molar-refractivity contribution in [3.63, 3.8) is 0 Å². The van der Waals surface area contributed by atoms with Gasteiger partial charge in [-0.25, -0.2) is 0 Å². The van der Waals surface area contributed by atoms with Gasteiger partial charge in [0.15, 0.2) is 17.6 Å². The molecular weight excluding hydrogens is 382 g/mol. The summed E-state index contributed by atoms with van der Waals surface area (Å²) in [6.45, 7) is 3.50.